The highest BCUT2D eigenvalue weighted by Crippen LogP contribution is 2.10. The van der Waals surface area contributed by atoms with E-state index in [1.165, 1.54) is 0 Å². The number of hydrogen-bond acceptors (Lipinski definition) is 3. The first kappa shape index (κ1) is 6.61. The zero-order valence-electron chi connectivity index (χ0n) is 5.22. The lowest BCUT2D eigenvalue weighted by Gasteiger charge is -1.88. The Balaban J connectivity index is 2.30. The highest BCUT2D eigenvalue weighted by Gasteiger charge is 1.92. The van der Waals surface area contributed by atoms with E-state index in [0.29, 0.717) is 0 Å². The van der Waals surface area contributed by atoms with Crippen LogP contribution in [0.3, 0.4) is 0 Å². The van der Waals surface area contributed by atoms with Crippen LogP contribution in [0.5, 0.6) is 0 Å². The molecule has 0 spiro atoms. The Bertz CT molecular complexity index is 149. The molecule has 3 nitrogen and oxygen atoms in total. The third kappa shape index (κ3) is 2.05. The van der Waals surface area contributed by atoms with Crippen LogP contribution in [0.25, 0.3) is 0 Å². The Morgan fingerprint density at radius 2 is 2.67 bits per heavy atom. The van der Waals surface area contributed by atoms with Crippen molar-refractivity contribution in [2.45, 2.75) is 18.5 Å². The van der Waals surface area contributed by atoms with Crippen molar-refractivity contribution < 1.29 is 0 Å². The van der Waals surface area contributed by atoms with Crippen LogP contribution >= 0.6 is 11.8 Å². The Hall–Kier alpha value is -0.510. The molecule has 1 N–H and O–H groups in total. The molecule has 1 heterocycles. The van der Waals surface area contributed by atoms with E-state index in [2.05, 4.69) is 28.4 Å². The van der Waals surface area contributed by atoms with Gasteiger partial charge in [0.15, 0.2) is 5.16 Å². The molecular formula is C5H8N3S. The van der Waals surface area contributed by atoms with Gasteiger partial charge in [0.1, 0.15) is 0 Å². The fraction of sp³-hybridized carbons (Fsp3) is 0.600. The van der Waals surface area contributed by atoms with Gasteiger partial charge in [0.05, 0.1) is 0 Å². The van der Waals surface area contributed by atoms with Crippen molar-refractivity contribution >= 4 is 11.8 Å². The molecule has 0 amide bonds. The first-order chi connectivity index (χ1) is 4.43. The minimum Gasteiger partial charge on any atom is -0.253 e. The molecule has 0 aliphatic rings. The van der Waals surface area contributed by atoms with E-state index in [1.54, 1.807) is 11.8 Å². The highest BCUT2D eigenvalue weighted by atomic mass is 32.2. The summed E-state index contributed by atoms with van der Waals surface area (Å²) in [5, 5.41) is 7.17. The topological polar surface area (TPSA) is 41.6 Å². The van der Waals surface area contributed by atoms with Crippen molar-refractivity contribution in [1.82, 2.24) is 15.2 Å². The third-order valence-electron chi connectivity index (χ3n) is 0.796. The predicted molar refractivity (Wildman–Crippen MR) is 36.2 cm³/mol. The van der Waals surface area contributed by atoms with Gasteiger partial charge in [-0.25, -0.2) is 0 Å². The van der Waals surface area contributed by atoms with Gasteiger partial charge in [-0.05, 0) is 6.42 Å². The lowest BCUT2D eigenvalue weighted by molar-refractivity contribution is 0.968. The smallest absolute Gasteiger partial charge is 0.221 e. The van der Waals surface area contributed by atoms with E-state index in [4.69, 9.17) is 0 Å². The molecule has 0 fully saturated rings. The van der Waals surface area contributed by atoms with Crippen molar-refractivity contribution in [2.75, 3.05) is 5.75 Å². The lowest BCUT2D eigenvalue weighted by atomic mass is 10.6. The average Bonchev–Trinajstić information content (AvgIpc) is 2.34. The zero-order valence-corrected chi connectivity index (χ0v) is 6.03. The summed E-state index contributed by atoms with van der Waals surface area (Å²) in [6, 6.07) is 0. The number of thioether (sulfide) groups is 1. The monoisotopic (exact) mass is 142 g/mol. The molecule has 1 rings (SSSR count). The maximum Gasteiger partial charge on any atom is 0.221 e. The van der Waals surface area contributed by atoms with Gasteiger partial charge in [-0.2, -0.15) is 4.98 Å². The normalized spacial score (nSPS) is 9.89. The summed E-state index contributed by atoms with van der Waals surface area (Å²) in [4.78, 5) is 3.83. The fourth-order valence-electron chi connectivity index (χ4n) is 0.432. The average molecular weight is 142 g/mol. The number of aromatic amines is 1. The SMILES string of the molecule is CCCSc1n[c]n[nH]1. The van der Waals surface area contributed by atoms with Gasteiger partial charge >= 0.3 is 0 Å². The maximum absolute atomic E-state index is 3.83. The van der Waals surface area contributed by atoms with E-state index < -0.39 is 0 Å². The van der Waals surface area contributed by atoms with Gasteiger partial charge in [-0.15, -0.1) is 5.10 Å². The minimum atomic E-state index is 0.858. The highest BCUT2D eigenvalue weighted by molar-refractivity contribution is 7.99. The van der Waals surface area contributed by atoms with E-state index in [-0.39, 0.29) is 0 Å². The predicted octanol–water partition coefficient (Wildman–Crippen LogP) is 1.11. The Morgan fingerprint density at radius 1 is 1.78 bits per heavy atom. The van der Waals surface area contributed by atoms with E-state index in [1.807, 2.05) is 0 Å². The number of H-pyrrole nitrogens is 1. The second kappa shape index (κ2) is 3.50. The molecule has 0 aliphatic heterocycles. The first-order valence-corrected chi connectivity index (χ1v) is 3.83. The number of rotatable bonds is 3. The molecular weight excluding hydrogens is 134 g/mol. The van der Waals surface area contributed by atoms with Gasteiger partial charge < -0.3 is 0 Å². The summed E-state index contributed by atoms with van der Waals surface area (Å²) in [5.41, 5.74) is 0. The van der Waals surface area contributed by atoms with Crippen LogP contribution in [-0.2, 0) is 0 Å². The minimum absolute atomic E-state index is 0.858. The van der Waals surface area contributed by atoms with Crippen molar-refractivity contribution in [3.05, 3.63) is 6.33 Å². The summed E-state index contributed by atoms with van der Waals surface area (Å²) in [5.74, 6) is 1.09. The van der Waals surface area contributed by atoms with Crippen LogP contribution in [0.2, 0.25) is 0 Å². The zero-order chi connectivity index (χ0) is 6.53. The van der Waals surface area contributed by atoms with Gasteiger partial charge in [0.25, 0.3) is 0 Å². The lowest BCUT2D eigenvalue weighted by Crippen LogP contribution is -1.77. The Kier molecular flexibility index (Phi) is 2.57. The summed E-state index contributed by atoms with van der Waals surface area (Å²) in [6.45, 7) is 2.13. The number of hydrogen-bond donors (Lipinski definition) is 1. The van der Waals surface area contributed by atoms with Gasteiger partial charge in [0.2, 0.25) is 6.33 Å². The van der Waals surface area contributed by atoms with Gasteiger partial charge in [-0.1, -0.05) is 18.7 Å². The number of nitrogens with one attached hydrogen (secondary N) is 1. The third-order valence-corrected chi connectivity index (χ3v) is 1.86. The Morgan fingerprint density at radius 3 is 3.22 bits per heavy atom. The summed E-state index contributed by atoms with van der Waals surface area (Å²) < 4.78 is 0. The molecule has 0 saturated carbocycles. The second-order valence-electron chi connectivity index (χ2n) is 1.59. The summed E-state index contributed by atoms with van der Waals surface area (Å²) in [6.07, 6.45) is 3.62. The van der Waals surface area contributed by atoms with Crippen LogP contribution in [0.4, 0.5) is 0 Å². The molecule has 0 aromatic carbocycles. The van der Waals surface area contributed by atoms with Crippen LogP contribution in [0, 0.1) is 6.33 Å². The molecule has 4 heteroatoms. The standard InChI is InChI=1S/C5H8N3S/c1-2-3-9-5-6-4-7-8-5/h2-3H2,1H3,(H,6,7,8). The van der Waals surface area contributed by atoms with Crippen LogP contribution < -0.4 is 0 Å². The molecule has 1 aromatic rings. The number of aromatic nitrogens is 3. The molecule has 0 saturated heterocycles. The van der Waals surface area contributed by atoms with Crippen molar-refractivity contribution in [2.24, 2.45) is 0 Å². The molecule has 49 valence electrons. The quantitative estimate of drug-likeness (QED) is 0.643. The second-order valence-corrected chi connectivity index (χ2v) is 2.67. The summed E-state index contributed by atoms with van der Waals surface area (Å²) >= 11 is 1.67. The van der Waals surface area contributed by atoms with Crippen molar-refractivity contribution in [3.63, 3.8) is 0 Å². The molecule has 0 bridgehead atoms. The largest absolute Gasteiger partial charge is 0.253 e. The maximum atomic E-state index is 3.83. The van der Waals surface area contributed by atoms with Gasteiger partial charge in [-0.3, -0.25) is 5.10 Å². The summed E-state index contributed by atoms with van der Waals surface area (Å²) in [7, 11) is 0. The molecule has 0 atom stereocenters. The first-order valence-electron chi connectivity index (χ1n) is 2.84. The van der Waals surface area contributed by atoms with E-state index in [9.17, 15) is 0 Å². The van der Waals surface area contributed by atoms with Crippen LogP contribution in [0.15, 0.2) is 5.16 Å². The van der Waals surface area contributed by atoms with Crippen molar-refractivity contribution in [3.8, 4) is 0 Å². The van der Waals surface area contributed by atoms with Gasteiger partial charge in [0, 0.05) is 5.75 Å². The molecule has 9 heavy (non-hydrogen) atoms. The van der Waals surface area contributed by atoms with E-state index >= 15 is 0 Å². The van der Waals surface area contributed by atoms with Crippen molar-refractivity contribution in [1.29, 1.82) is 0 Å². The fourth-order valence-corrected chi connectivity index (χ4v) is 1.04. The van der Waals surface area contributed by atoms with Crippen LogP contribution in [0.1, 0.15) is 13.3 Å². The molecule has 0 aliphatic carbocycles. The molecule has 1 aromatic heterocycles. The molecule has 1 radical (unpaired) electrons. The van der Waals surface area contributed by atoms with Crippen LogP contribution in [-0.4, -0.2) is 20.9 Å². The molecule has 0 unspecified atom stereocenters. The van der Waals surface area contributed by atoms with E-state index in [0.717, 1.165) is 17.3 Å². The number of nitrogens with zero attached hydrogens (tertiary/aromatic N) is 2. The Labute approximate surface area is 58.3 Å².